The maximum Gasteiger partial charge on any atom is 0.320 e. The summed E-state index contributed by atoms with van der Waals surface area (Å²) in [4.78, 5) is 13.8. The number of esters is 1. The van der Waals surface area contributed by atoms with E-state index in [1.54, 1.807) is 7.11 Å². The van der Waals surface area contributed by atoms with E-state index in [0.29, 0.717) is 6.61 Å². The van der Waals surface area contributed by atoms with E-state index in [1.165, 1.54) is 0 Å². The molecule has 1 saturated heterocycles. The Hall–Kier alpha value is -1.43. The summed E-state index contributed by atoms with van der Waals surface area (Å²) < 4.78 is 10.4. The lowest BCUT2D eigenvalue weighted by atomic mass is 9.94. The number of hydrogen-bond acceptors (Lipinski definition) is 5. The first-order valence-electron chi connectivity index (χ1n) is 6.79. The predicted molar refractivity (Wildman–Crippen MR) is 74.1 cm³/mol. The Labute approximate surface area is 119 Å². The highest BCUT2D eigenvalue weighted by Crippen LogP contribution is 2.25. The SMILES string of the molecule is COC[C@@H]1C[C@H](CO)N1CC(=O)OCc1ccccc1. The van der Waals surface area contributed by atoms with E-state index in [-0.39, 0.29) is 37.8 Å². The van der Waals surface area contributed by atoms with Crippen LogP contribution in [-0.4, -0.2) is 54.9 Å². The van der Waals surface area contributed by atoms with Gasteiger partial charge in [0.1, 0.15) is 6.61 Å². The van der Waals surface area contributed by atoms with Crippen LogP contribution < -0.4 is 0 Å². The normalized spacial score (nSPS) is 22.3. The Kier molecular flexibility index (Phi) is 5.52. The molecule has 0 bridgehead atoms. The van der Waals surface area contributed by atoms with E-state index >= 15 is 0 Å². The van der Waals surface area contributed by atoms with Crippen LogP contribution in [0.3, 0.4) is 0 Å². The number of methoxy groups -OCH3 is 1. The largest absolute Gasteiger partial charge is 0.460 e. The van der Waals surface area contributed by atoms with Crippen LogP contribution in [0, 0.1) is 0 Å². The minimum absolute atomic E-state index is 0.0411. The van der Waals surface area contributed by atoms with Gasteiger partial charge in [-0.05, 0) is 12.0 Å². The van der Waals surface area contributed by atoms with Crippen molar-refractivity contribution in [3.63, 3.8) is 0 Å². The lowest BCUT2D eigenvalue weighted by molar-refractivity contribution is -0.152. The van der Waals surface area contributed by atoms with Crippen molar-refractivity contribution in [3.8, 4) is 0 Å². The Morgan fingerprint density at radius 2 is 2.10 bits per heavy atom. The van der Waals surface area contributed by atoms with Crippen molar-refractivity contribution in [2.45, 2.75) is 25.1 Å². The summed E-state index contributed by atoms with van der Waals surface area (Å²) in [7, 11) is 1.64. The minimum Gasteiger partial charge on any atom is -0.460 e. The highest BCUT2D eigenvalue weighted by Gasteiger charge is 2.38. The molecule has 0 aliphatic carbocycles. The van der Waals surface area contributed by atoms with Crippen LogP contribution in [0.4, 0.5) is 0 Å². The molecule has 110 valence electrons. The average Bonchev–Trinajstić information content (AvgIpc) is 2.47. The minimum atomic E-state index is -0.270. The second kappa shape index (κ2) is 7.38. The van der Waals surface area contributed by atoms with Gasteiger partial charge < -0.3 is 14.6 Å². The number of rotatable bonds is 7. The van der Waals surface area contributed by atoms with Gasteiger partial charge in [-0.15, -0.1) is 0 Å². The van der Waals surface area contributed by atoms with Crippen LogP contribution in [0.5, 0.6) is 0 Å². The van der Waals surface area contributed by atoms with Crippen molar-refractivity contribution in [1.29, 1.82) is 0 Å². The highest BCUT2D eigenvalue weighted by atomic mass is 16.5. The number of carbonyl (C=O) groups is 1. The Balaban J connectivity index is 1.78. The third kappa shape index (κ3) is 3.79. The summed E-state index contributed by atoms with van der Waals surface area (Å²) in [5, 5.41) is 9.23. The monoisotopic (exact) mass is 279 g/mol. The maximum atomic E-state index is 11.8. The quantitative estimate of drug-likeness (QED) is 0.749. The molecule has 20 heavy (non-hydrogen) atoms. The van der Waals surface area contributed by atoms with Gasteiger partial charge in [-0.3, -0.25) is 9.69 Å². The van der Waals surface area contributed by atoms with E-state index in [4.69, 9.17) is 9.47 Å². The molecule has 1 aliphatic rings. The zero-order chi connectivity index (χ0) is 14.4. The molecular formula is C15H21NO4. The number of aliphatic hydroxyl groups excluding tert-OH is 1. The van der Waals surface area contributed by atoms with Crippen molar-refractivity contribution in [2.24, 2.45) is 0 Å². The molecule has 1 aliphatic heterocycles. The molecule has 0 aromatic heterocycles. The van der Waals surface area contributed by atoms with E-state index in [0.717, 1.165) is 12.0 Å². The Morgan fingerprint density at radius 3 is 2.75 bits per heavy atom. The van der Waals surface area contributed by atoms with E-state index in [1.807, 2.05) is 35.2 Å². The third-order valence-electron chi connectivity index (χ3n) is 3.61. The number of likely N-dealkylation sites (tertiary alicyclic amines) is 1. The topological polar surface area (TPSA) is 59.0 Å². The summed E-state index contributed by atoms with van der Waals surface area (Å²) in [6.45, 7) is 1.12. The van der Waals surface area contributed by atoms with Crippen LogP contribution in [0.15, 0.2) is 30.3 Å². The molecule has 0 amide bonds. The molecule has 2 atom stereocenters. The number of aliphatic hydroxyl groups is 1. The van der Waals surface area contributed by atoms with Gasteiger partial charge in [-0.2, -0.15) is 0 Å². The summed E-state index contributed by atoms with van der Waals surface area (Å²) in [5.41, 5.74) is 0.969. The first kappa shape index (κ1) is 15.0. The van der Waals surface area contributed by atoms with Gasteiger partial charge in [-0.25, -0.2) is 0 Å². The first-order chi connectivity index (χ1) is 9.74. The van der Waals surface area contributed by atoms with Crippen LogP contribution in [0.25, 0.3) is 0 Å². The molecule has 5 nitrogen and oxygen atoms in total. The van der Waals surface area contributed by atoms with Crippen molar-refractivity contribution >= 4 is 5.97 Å². The molecule has 1 heterocycles. The highest BCUT2D eigenvalue weighted by molar-refractivity contribution is 5.72. The lowest BCUT2D eigenvalue weighted by Crippen LogP contribution is -2.60. The molecule has 1 aromatic carbocycles. The smallest absolute Gasteiger partial charge is 0.320 e. The molecular weight excluding hydrogens is 258 g/mol. The molecule has 1 N–H and O–H groups in total. The van der Waals surface area contributed by atoms with Gasteiger partial charge in [0.15, 0.2) is 0 Å². The van der Waals surface area contributed by atoms with Crippen molar-refractivity contribution in [2.75, 3.05) is 26.9 Å². The van der Waals surface area contributed by atoms with Gasteiger partial charge in [0.2, 0.25) is 0 Å². The van der Waals surface area contributed by atoms with E-state index in [9.17, 15) is 9.90 Å². The van der Waals surface area contributed by atoms with Crippen LogP contribution >= 0.6 is 0 Å². The fraction of sp³-hybridized carbons (Fsp3) is 0.533. The standard InChI is InChI=1S/C15H21NO4/c1-19-11-14-7-13(9-17)16(14)8-15(18)20-10-12-5-3-2-4-6-12/h2-6,13-14,17H,7-11H2,1H3/t13-,14+/m1/s1. The van der Waals surface area contributed by atoms with E-state index < -0.39 is 0 Å². The van der Waals surface area contributed by atoms with Gasteiger partial charge >= 0.3 is 5.97 Å². The number of hydrogen-bond donors (Lipinski definition) is 1. The lowest BCUT2D eigenvalue weighted by Gasteiger charge is -2.46. The summed E-state index contributed by atoms with van der Waals surface area (Å²) in [6, 6.07) is 9.82. The fourth-order valence-corrected chi connectivity index (χ4v) is 2.47. The van der Waals surface area contributed by atoms with Gasteiger partial charge in [0, 0.05) is 19.2 Å². The second-order valence-corrected chi connectivity index (χ2v) is 5.00. The zero-order valence-electron chi connectivity index (χ0n) is 11.7. The van der Waals surface area contributed by atoms with Crippen LogP contribution in [0.1, 0.15) is 12.0 Å². The van der Waals surface area contributed by atoms with Crippen molar-refractivity contribution < 1.29 is 19.4 Å². The Morgan fingerprint density at radius 1 is 1.35 bits per heavy atom. The predicted octanol–water partition coefficient (Wildman–Crippen LogP) is 0.811. The Bertz CT molecular complexity index is 423. The molecule has 1 aromatic rings. The molecule has 0 saturated carbocycles. The van der Waals surface area contributed by atoms with E-state index in [2.05, 4.69) is 0 Å². The average molecular weight is 279 g/mol. The van der Waals surface area contributed by atoms with Crippen molar-refractivity contribution in [1.82, 2.24) is 4.90 Å². The van der Waals surface area contributed by atoms with Gasteiger partial charge in [0.05, 0.1) is 19.8 Å². The fourth-order valence-electron chi connectivity index (χ4n) is 2.47. The summed E-state index contributed by atoms with van der Waals surface area (Å²) in [5.74, 6) is -0.270. The van der Waals surface area contributed by atoms with Gasteiger partial charge in [-0.1, -0.05) is 30.3 Å². The number of benzene rings is 1. The number of nitrogens with zero attached hydrogens (tertiary/aromatic N) is 1. The number of carbonyl (C=O) groups excluding carboxylic acids is 1. The molecule has 1 fully saturated rings. The molecule has 5 heteroatoms. The first-order valence-corrected chi connectivity index (χ1v) is 6.79. The second-order valence-electron chi connectivity index (χ2n) is 5.00. The molecule has 0 spiro atoms. The molecule has 0 radical (unpaired) electrons. The third-order valence-corrected chi connectivity index (χ3v) is 3.61. The summed E-state index contributed by atoms with van der Waals surface area (Å²) in [6.07, 6.45) is 0.857. The molecule has 0 unspecified atom stereocenters. The van der Waals surface area contributed by atoms with Crippen LogP contribution in [0.2, 0.25) is 0 Å². The zero-order valence-corrected chi connectivity index (χ0v) is 11.7. The summed E-state index contributed by atoms with van der Waals surface area (Å²) >= 11 is 0. The maximum absolute atomic E-state index is 11.8. The van der Waals surface area contributed by atoms with Gasteiger partial charge in [0.25, 0.3) is 0 Å². The number of ether oxygens (including phenoxy) is 2. The van der Waals surface area contributed by atoms with Crippen molar-refractivity contribution in [3.05, 3.63) is 35.9 Å². The molecule has 2 rings (SSSR count). The van der Waals surface area contributed by atoms with Crippen LogP contribution in [-0.2, 0) is 20.9 Å².